The van der Waals surface area contributed by atoms with Gasteiger partial charge in [-0.25, -0.2) is 13.1 Å². The van der Waals surface area contributed by atoms with Gasteiger partial charge < -0.3 is 14.3 Å². The topological polar surface area (TPSA) is 88.8 Å². The Bertz CT molecular complexity index is 485. The molecule has 0 saturated heterocycles. The average Bonchev–Trinajstić information content (AvgIpc) is 2.76. The number of halogens is 1. The summed E-state index contributed by atoms with van der Waals surface area (Å²) >= 11 is 3.02. The van der Waals surface area contributed by atoms with Crippen LogP contribution in [0.25, 0.3) is 0 Å². The van der Waals surface area contributed by atoms with Crippen LogP contribution in [-0.4, -0.2) is 33.8 Å². The Hall–Kier alpha value is -0.410. The van der Waals surface area contributed by atoms with Crippen molar-refractivity contribution in [3.8, 4) is 0 Å². The lowest BCUT2D eigenvalue weighted by molar-refractivity contribution is 0.192. The number of furan rings is 1. The van der Waals surface area contributed by atoms with E-state index in [4.69, 9.17) is 14.3 Å². The number of ether oxygens (including phenoxy) is 1. The van der Waals surface area contributed by atoms with Crippen molar-refractivity contribution in [1.82, 2.24) is 4.72 Å². The van der Waals surface area contributed by atoms with Crippen LogP contribution in [0.2, 0.25) is 0 Å². The first kappa shape index (κ1) is 16.6. The molecule has 0 aliphatic carbocycles. The zero-order chi connectivity index (χ0) is 14.3. The van der Waals surface area contributed by atoms with Crippen molar-refractivity contribution in [2.24, 2.45) is 0 Å². The highest BCUT2D eigenvalue weighted by molar-refractivity contribution is 9.10. The third kappa shape index (κ3) is 5.23. The molecule has 0 spiro atoms. The molecule has 0 aliphatic heterocycles. The van der Waals surface area contributed by atoms with Crippen molar-refractivity contribution in [1.29, 1.82) is 0 Å². The van der Waals surface area contributed by atoms with Crippen LogP contribution < -0.4 is 4.72 Å². The van der Waals surface area contributed by atoms with Gasteiger partial charge in [0, 0.05) is 26.3 Å². The van der Waals surface area contributed by atoms with Crippen LogP contribution in [0.15, 0.2) is 20.0 Å². The van der Waals surface area contributed by atoms with Gasteiger partial charge in [0.2, 0.25) is 10.0 Å². The number of methoxy groups -OCH3 is 1. The van der Waals surface area contributed by atoms with Crippen LogP contribution in [0.3, 0.4) is 0 Å². The number of aliphatic hydroxyl groups excluding tert-OH is 1. The SMILES string of the molecule is COCCCCCNS(=O)(=O)c1cc(CO)oc1Br. The number of unbranched alkanes of at least 4 members (excludes halogenated alkanes) is 2. The van der Waals surface area contributed by atoms with Crippen molar-refractivity contribution < 1.29 is 22.7 Å². The largest absolute Gasteiger partial charge is 0.450 e. The number of nitrogens with one attached hydrogen (secondary N) is 1. The number of aliphatic hydroxyl groups is 1. The van der Waals surface area contributed by atoms with E-state index in [9.17, 15) is 8.42 Å². The van der Waals surface area contributed by atoms with Gasteiger partial charge in [-0.15, -0.1) is 0 Å². The van der Waals surface area contributed by atoms with Gasteiger partial charge in [0.05, 0.1) is 0 Å². The molecule has 8 heteroatoms. The predicted molar refractivity (Wildman–Crippen MR) is 73.2 cm³/mol. The van der Waals surface area contributed by atoms with Gasteiger partial charge in [-0.2, -0.15) is 0 Å². The molecule has 0 fully saturated rings. The molecule has 0 atom stereocenters. The van der Waals surface area contributed by atoms with Gasteiger partial charge in [0.25, 0.3) is 0 Å². The highest BCUT2D eigenvalue weighted by atomic mass is 79.9. The third-order valence-electron chi connectivity index (χ3n) is 2.47. The lowest BCUT2D eigenvalue weighted by Gasteiger charge is -2.05. The molecule has 0 aliphatic rings. The number of hydrogen-bond acceptors (Lipinski definition) is 5. The molecule has 110 valence electrons. The molecule has 0 bridgehead atoms. The summed E-state index contributed by atoms with van der Waals surface area (Å²) in [7, 11) is -1.97. The zero-order valence-corrected chi connectivity index (χ0v) is 13.1. The van der Waals surface area contributed by atoms with Gasteiger partial charge >= 0.3 is 0 Å². The smallest absolute Gasteiger partial charge is 0.244 e. The number of sulfonamides is 1. The van der Waals surface area contributed by atoms with Crippen LogP contribution in [0.1, 0.15) is 25.0 Å². The van der Waals surface area contributed by atoms with Crippen molar-refractivity contribution in [2.75, 3.05) is 20.3 Å². The summed E-state index contributed by atoms with van der Waals surface area (Å²) in [4.78, 5) is 0.00782. The highest BCUT2D eigenvalue weighted by Gasteiger charge is 2.21. The molecule has 1 rings (SSSR count). The van der Waals surface area contributed by atoms with Crippen LogP contribution >= 0.6 is 15.9 Å². The highest BCUT2D eigenvalue weighted by Crippen LogP contribution is 2.25. The zero-order valence-electron chi connectivity index (χ0n) is 10.7. The Morgan fingerprint density at radius 1 is 1.42 bits per heavy atom. The molecule has 2 N–H and O–H groups in total. The summed E-state index contributed by atoms with van der Waals surface area (Å²) in [5, 5.41) is 8.90. The first-order valence-electron chi connectivity index (χ1n) is 5.89. The van der Waals surface area contributed by atoms with E-state index in [0.717, 1.165) is 19.3 Å². The second-order valence-electron chi connectivity index (χ2n) is 3.96. The monoisotopic (exact) mass is 355 g/mol. The quantitative estimate of drug-likeness (QED) is 0.657. The molecule has 6 nitrogen and oxygen atoms in total. The molecule has 1 aromatic rings. The van der Waals surface area contributed by atoms with E-state index >= 15 is 0 Å². The molecular weight excluding hydrogens is 338 g/mol. The van der Waals surface area contributed by atoms with Crippen molar-refractivity contribution in [3.05, 3.63) is 16.5 Å². The van der Waals surface area contributed by atoms with E-state index in [-0.39, 0.29) is 21.9 Å². The summed E-state index contributed by atoms with van der Waals surface area (Å²) in [5.74, 6) is 0.201. The lowest BCUT2D eigenvalue weighted by atomic mass is 10.2. The minimum Gasteiger partial charge on any atom is -0.450 e. The minimum absolute atomic E-state index is 0.00782. The van der Waals surface area contributed by atoms with Gasteiger partial charge in [-0.3, -0.25) is 0 Å². The maximum Gasteiger partial charge on any atom is 0.244 e. The Labute approximate surface area is 121 Å². The van der Waals surface area contributed by atoms with E-state index < -0.39 is 10.0 Å². The van der Waals surface area contributed by atoms with Gasteiger partial charge in [0.1, 0.15) is 17.3 Å². The summed E-state index contributed by atoms with van der Waals surface area (Å²) in [6.45, 7) is 0.698. The van der Waals surface area contributed by atoms with E-state index in [1.165, 1.54) is 6.07 Å². The second-order valence-corrected chi connectivity index (χ2v) is 6.42. The van der Waals surface area contributed by atoms with Crippen molar-refractivity contribution in [3.63, 3.8) is 0 Å². The average molecular weight is 356 g/mol. The predicted octanol–water partition coefficient (Wildman–Crippen LogP) is 1.63. The van der Waals surface area contributed by atoms with Crippen molar-refractivity contribution in [2.45, 2.75) is 30.8 Å². The molecule has 0 unspecified atom stereocenters. The fraction of sp³-hybridized carbons (Fsp3) is 0.636. The molecule has 1 heterocycles. The molecule has 0 radical (unpaired) electrons. The summed E-state index contributed by atoms with van der Waals surface area (Å²) < 4.78 is 36.5. The minimum atomic E-state index is -3.61. The lowest BCUT2D eigenvalue weighted by Crippen LogP contribution is -2.24. The molecular formula is C11H18BrNO5S. The molecule has 0 aromatic carbocycles. The Kier molecular flexibility index (Phi) is 7.01. The van der Waals surface area contributed by atoms with Gasteiger partial charge in [-0.1, -0.05) is 0 Å². The fourth-order valence-electron chi connectivity index (χ4n) is 1.49. The second kappa shape index (κ2) is 8.01. The van der Waals surface area contributed by atoms with E-state index in [2.05, 4.69) is 20.7 Å². The normalized spacial score (nSPS) is 11.9. The molecule has 1 aromatic heterocycles. The maximum atomic E-state index is 12.0. The summed E-state index contributed by atoms with van der Waals surface area (Å²) in [5.41, 5.74) is 0. The van der Waals surface area contributed by atoms with Crippen LogP contribution in [0.5, 0.6) is 0 Å². The Morgan fingerprint density at radius 2 is 2.16 bits per heavy atom. The molecule has 0 saturated carbocycles. The Morgan fingerprint density at radius 3 is 2.74 bits per heavy atom. The molecule has 19 heavy (non-hydrogen) atoms. The first-order valence-corrected chi connectivity index (χ1v) is 8.16. The molecule has 0 amide bonds. The van der Waals surface area contributed by atoms with Gasteiger partial charge in [0.15, 0.2) is 4.67 Å². The van der Waals surface area contributed by atoms with Crippen molar-refractivity contribution >= 4 is 26.0 Å². The summed E-state index contributed by atoms with van der Waals surface area (Å²) in [6, 6.07) is 1.30. The standard InChI is InChI=1S/C11H18BrNO5S/c1-17-6-4-2-3-5-13-19(15,16)10-7-9(8-14)18-11(10)12/h7,13-14H,2-6,8H2,1H3. The van der Waals surface area contributed by atoms with E-state index in [1.807, 2.05) is 0 Å². The van der Waals surface area contributed by atoms with E-state index in [0.29, 0.717) is 13.2 Å². The maximum absolute atomic E-state index is 12.0. The number of hydrogen-bond donors (Lipinski definition) is 2. The first-order chi connectivity index (χ1) is 9.01. The van der Waals surface area contributed by atoms with Crippen LogP contribution in [0.4, 0.5) is 0 Å². The van der Waals surface area contributed by atoms with E-state index in [1.54, 1.807) is 7.11 Å². The number of rotatable bonds is 9. The van der Waals surface area contributed by atoms with Gasteiger partial charge in [-0.05, 0) is 35.2 Å². The summed E-state index contributed by atoms with van der Waals surface area (Å²) in [6.07, 6.45) is 2.54. The third-order valence-corrected chi connectivity index (χ3v) is 4.79. The fourth-order valence-corrected chi connectivity index (χ4v) is 3.56. The van der Waals surface area contributed by atoms with Crippen LogP contribution in [-0.2, 0) is 21.4 Å². The van der Waals surface area contributed by atoms with Crippen LogP contribution in [0, 0.1) is 0 Å². The Balaban J connectivity index is 2.49.